The second kappa shape index (κ2) is 8.78. The lowest BCUT2D eigenvalue weighted by Crippen LogP contribution is -2.50. The Morgan fingerprint density at radius 2 is 1.32 bits per heavy atom. The molecule has 1 unspecified atom stereocenters. The smallest absolute Gasteiger partial charge is 0.342 e. The van der Waals surface area contributed by atoms with Gasteiger partial charge in [0.05, 0.1) is 18.9 Å². The molecule has 0 spiro atoms. The summed E-state index contributed by atoms with van der Waals surface area (Å²) in [5.74, 6) is -1.98. The molecule has 0 heterocycles. The van der Waals surface area contributed by atoms with Gasteiger partial charge in [-0.3, -0.25) is 9.13 Å². The second-order valence-electron chi connectivity index (χ2n) is 4.66. The van der Waals surface area contributed by atoms with Gasteiger partial charge < -0.3 is 50.4 Å². The fourth-order valence-electron chi connectivity index (χ4n) is 1.46. The fourth-order valence-corrected chi connectivity index (χ4v) is 3.87. The molecule has 22 heavy (non-hydrogen) atoms. The third-order valence-electron chi connectivity index (χ3n) is 2.70. The maximum absolute atomic E-state index is 11.1. The Bertz CT molecular complexity index is 422. The Balaban J connectivity index is 4.72. The van der Waals surface area contributed by atoms with Crippen LogP contribution in [0.5, 0.6) is 0 Å². The average Bonchev–Trinajstić information content (AvgIpc) is 2.37. The molecule has 5 atom stereocenters. The molecule has 0 aromatic heterocycles. The van der Waals surface area contributed by atoms with Crippen molar-refractivity contribution in [3.63, 3.8) is 0 Å². The maximum atomic E-state index is 11.1. The molecule has 0 saturated carbocycles. The van der Waals surface area contributed by atoms with Crippen LogP contribution in [0.3, 0.4) is 0 Å². The van der Waals surface area contributed by atoms with Crippen LogP contribution in [-0.2, 0) is 9.13 Å². The minimum atomic E-state index is -4.96. The molecule has 0 fully saturated rings. The van der Waals surface area contributed by atoms with Gasteiger partial charge in [0, 0.05) is 6.54 Å². The summed E-state index contributed by atoms with van der Waals surface area (Å²) < 4.78 is 21.9. The van der Waals surface area contributed by atoms with E-state index in [4.69, 9.17) is 29.8 Å². The number of hydrogen-bond acceptors (Lipinski definition) is 8. The summed E-state index contributed by atoms with van der Waals surface area (Å²) >= 11 is 0. The molecule has 0 aliphatic carbocycles. The highest BCUT2D eigenvalue weighted by Gasteiger charge is 2.36. The third kappa shape index (κ3) is 8.06. The number of aliphatic hydroxyl groups is 5. The average molecular weight is 369 g/mol. The molecule has 0 radical (unpaired) electrons. The summed E-state index contributed by atoms with van der Waals surface area (Å²) in [6, 6.07) is 0. The minimum Gasteiger partial charge on any atom is -0.394 e. The van der Waals surface area contributed by atoms with Crippen molar-refractivity contribution in [1.29, 1.82) is 0 Å². The van der Waals surface area contributed by atoms with Crippen LogP contribution in [0.1, 0.15) is 0 Å². The van der Waals surface area contributed by atoms with Crippen molar-refractivity contribution >= 4 is 15.2 Å². The standard InChI is InChI=1S/C8H21NO11P2/c10-2-5(12)8(14)7(13)4(11)1-9-6(22(18,19)20)3-21(15,16)17/h4-14H,1-3H2,(H2,15,16,17)(H2,18,19,20)/t4-,5+,6?,7+,8+/m0/s1. The fraction of sp³-hybridized carbons (Fsp3) is 1.00. The monoisotopic (exact) mass is 369 g/mol. The summed E-state index contributed by atoms with van der Waals surface area (Å²) in [7, 11) is -9.72. The van der Waals surface area contributed by atoms with Crippen LogP contribution < -0.4 is 5.32 Å². The number of rotatable bonds is 10. The van der Waals surface area contributed by atoms with E-state index in [0.29, 0.717) is 0 Å². The molecule has 0 rings (SSSR count). The first kappa shape index (κ1) is 22.1. The Hall–Kier alpha value is 0.0600. The van der Waals surface area contributed by atoms with Crippen LogP contribution >= 0.6 is 15.2 Å². The Morgan fingerprint density at radius 1 is 0.864 bits per heavy atom. The SMILES string of the molecule is O=P(O)(O)CC(NC[C@H](O)[C@@H](O)[C@H](O)[C@H](O)CO)P(=O)(O)O. The van der Waals surface area contributed by atoms with Gasteiger partial charge in [-0.2, -0.15) is 0 Å². The summed E-state index contributed by atoms with van der Waals surface area (Å²) in [6.07, 6.45) is -8.69. The summed E-state index contributed by atoms with van der Waals surface area (Å²) in [6.45, 7) is -1.64. The summed E-state index contributed by atoms with van der Waals surface area (Å²) in [4.78, 5) is 35.4. The number of nitrogens with one attached hydrogen (secondary N) is 1. The van der Waals surface area contributed by atoms with Crippen LogP contribution in [0.4, 0.5) is 0 Å². The van der Waals surface area contributed by atoms with Gasteiger partial charge in [-0.1, -0.05) is 0 Å². The number of hydrogen-bond donors (Lipinski definition) is 10. The second-order valence-corrected chi connectivity index (χ2v) is 8.15. The van der Waals surface area contributed by atoms with Gasteiger partial charge in [-0.15, -0.1) is 0 Å². The van der Waals surface area contributed by atoms with E-state index < -0.39 is 64.7 Å². The van der Waals surface area contributed by atoms with Crippen LogP contribution in [0.15, 0.2) is 0 Å². The van der Waals surface area contributed by atoms with Crippen LogP contribution in [-0.4, -0.2) is 94.6 Å². The van der Waals surface area contributed by atoms with Gasteiger partial charge in [0.15, 0.2) is 0 Å². The number of aliphatic hydroxyl groups excluding tert-OH is 5. The minimum absolute atomic E-state index is 0.744. The largest absolute Gasteiger partial charge is 0.394 e. The van der Waals surface area contributed by atoms with E-state index in [-0.39, 0.29) is 0 Å². The molecule has 0 aromatic rings. The van der Waals surface area contributed by atoms with Crippen LogP contribution in [0.2, 0.25) is 0 Å². The van der Waals surface area contributed by atoms with E-state index in [9.17, 15) is 24.4 Å². The molecule has 0 aromatic carbocycles. The molecular formula is C8H21NO11P2. The first-order valence-electron chi connectivity index (χ1n) is 5.96. The van der Waals surface area contributed by atoms with Crippen molar-refractivity contribution in [1.82, 2.24) is 5.32 Å². The normalized spacial score (nSPS) is 20.2. The zero-order valence-corrected chi connectivity index (χ0v) is 13.0. The van der Waals surface area contributed by atoms with E-state index >= 15 is 0 Å². The van der Waals surface area contributed by atoms with Gasteiger partial charge in [0.2, 0.25) is 0 Å². The highest BCUT2D eigenvalue weighted by molar-refractivity contribution is 7.56. The molecule has 0 bridgehead atoms. The molecule has 12 nitrogen and oxygen atoms in total. The summed E-state index contributed by atoms with van der Waals surface area (Å²) in [5.41, 5.74) is 0. The van der Waals surface area contributed by atoms with Gasteiger partial charge in [0.25, 0.3) is 0 Å². The van der Waals surface area contributed by atoms with Crippen molar-refractivity contribution in [2.45, 2.75) is 30.2 Å². The maximum Gasteiger partial charge on any atom is 0.342 e. The zero-order chi connectivity index (χ0) is 17.7. The lowest BCUT2D eigenvalue weighted by Gasteiger charge is -2.27. The third-order valence-corrected chi connectivity index (χ3v) is 5.01. The van der Waals surface area contributed by atoms with Gasteiger partial charge in [-0.25, -0.2) is 0 Å². The molecule has 0 aliphatic rings. The zero-order valence-electron chi connectivity index (χ0n) is 11.2. The molecule has 134 valence electrons. The van der Waals surface area contributed by atoms with Crippen LogP contribution in [0, 0.1) is 0 Å². The quantitative estimate of drug-likeness (QED) is 0.165. The van der Waals surface area contributed by atoms with E-state index in [1.165, 1.54) is 0 Å². The van der Waals surface area contributed by atoms with Gasteiger partial charge >= 0.3 is 15.2 Å². The summed E-state index contributed by atoms with van der Waals surface area (Å²) in [5, 5.41) is 48.0. The van der Waals surface area contributed by atoms with Crippen molar-refractivity contribution < 1.29 is 54.2 Å². The molecule has 14 heteroatoms. The van der Waals surface area contributed by atoms with Crippen LogP contribution in [0.25, 0.3) is 0 Å². The molecule has 0 aliphatic heterocycles. The lowest BCUT2D eigenvalue weighted by molar-refractivity contribution is -0.114. The van der Waals surface area contributed by atoms with Gasteiger partial charge in [0.1, 0.15) is 24.1 Å². The first-order chi connectivity index (χ1) is 9.79. The van der Waals surface area contributed by atoms with Gasteiger partial charge in [-0.05, 0) is 0 Å². The van der Waals surface area contributed by atoms with E-state index in [2.05, 4.69) is 0 Å². The predicted octanol–water partition coefficient (Wildman–Crippen LogP) is -4.31. The van der Waals surface area contributed by atoms with Crippen molar-refractivity contribution in [2.75, 3.05) is 19.3 Å². The van der Waals surface area contributed by atoms with E-state index in [0.717, 1.165) is 0 Å². The predicted molar refractivity (Wildman–Crippen MR) is 71.9 cm³/mol. The lowest BCUT2D eigenvalue weighted by atomic mass is 10.0. The first-order valence-corrected chi connectivity index (χ1v) is 9.43. The van der Waals surface area contributed by atoms with E-state index in [1.807, 2.05) is 5.32 Å². The Kier molecular flexibility index (Phi) is 8.81. The molecular weight excluding hydrogens is 348 g/mol. The molecule has 0 saturated heterocycles. The van der Waals surface area contributed by atoms with Crippen molar-refractivity contribution in [3.05, 3.63) is 0 Å². The Labute approximate surface area is 125 Å². The van der Waals surface area contributed by atoms with Crippen molar-refractivity contribution in [2.24, 2.45) is 0 Å². The highest BCUT2D eigenvalue weighted by Crippen LogP contribution is 2.47. The topological polar surface area (TPSA) is 228 Å². The van der Waals surface area contributed by atoms with Crippen molar-refractivity contribution in [3.8, 4) is 0 Å². The Morgan fingerprint density at radius 3 is 1.68 bits per heavy atom. The highest BCUT2D eigenvalue weighted by atomic mass is 31.2. The molecule has 0 amide bonds. The van der Waals surface area contributed by atoms with E-state index in [1.54, 1.807) is 0 Å². The molecule has 10 N–H and O–H groups in total.